The van der Waals surface area contributed by atoms with E-state index in [4.69, 9.17) is 4.42 Å². The lowest BCUT2D eigenvalue weighted by molar-refractivity contribution is -0.136. The van der Waals surface area contributed by atoms with Crippen molar-refractivity contribution in [2.24, 2.45) is 7.05 Å². The fourth-order valence-corrected chi connectivity index (χ4v) is 4.06. The summed E-state index contributed by atoms with van der Waals surface area (Å²) in [6.45, 7) is 4.27. The molecule has 0 aliphatic carbocycles. The Morgan fingerprint density at radius 2 is 2.00 bits per heavy atom. The van der Waals surface area contributed by atoms with Crippen molar-refractivity contribution in [1.29, 1.82) is 0 Å². The largest absolute Gasteiger partial charge is 0.468 e. The van der Waals surface area contributed by atoms with Gasteiger partial charge in [-0.1, -0.05) is 0 Å². The number of nitrogens with one attached hydrogen (secondary N) is 1. The van der Waals surface area contributed by atoms with Crippen LogP contribution in [0.4, 0.5) is 5.82 Å². The Morgan fingerprint density at radius 3 is 2.62 bits per heavy atom. The molecule has 0 atom stereocenters. The van der Waals surface area contributed by atoms with E-state index in [2.05, 4.69) is 15.3 Å². The molecule has 1 amide bonds. The second-order valence-electron chi connectivity index (χ2n) is 7.44. The van der Waals surface area contributed by atoms with Crippen molar-refractivity contribution < 1.29 is 9.21 Å². The summed E-state index contributed by atoms with van der Waals surface area (Å²) >= 11 is 0. The van der Waals surface area contributed by atoms with Crippen LogP contribution in [-0.2, 0) is 18.4 Å². The predicted molar refractivity (Wildman–Crippen MR) is 98.6 cm³/mol. The van der Waals surface area contributed by atoms with Gasteiger partial charge in [0.15, 0.2) is 0 Å². The van der Waals surface area contributed by atoms with Crippen LogP contribution >= 0.6 is 0 Å². The van der Waals surface area contributed by atoms with Crippen LogP contribution in [0, 0.1) is 0 Å². The Labute approximate surface area is 153 Å². The molecule has 2 aliphatic heterocycles. The van der Waals surface area contributed by atoms with Crippen molar-refractivity contribution in [3.05, 3.63) is 36.4 Å². The van der Waals surface area contributed by atoms with Crippen LogP contribution in [0.5, 0.6) is 0 Å². The Kier molecular flexibility index (Phi) is 4.72. The zero-order chi connectivity index (χ0) is 18.0. The van der Waals surface area contributed by atoms with Crippen molar-refractivity contribution in [1.82, 2.24) is 19.6 Å². The van der Waals surface area contributed by atoms with Crippen LogP contribution in [0.1, 0.15) is 31.4 Å². The summed E-state index contributed by atoms with van der Waals surface area (Å²) in [5.41, 5.74) is -0.557. The topological polar surface area (TPSA) is 66.5 Å². The van der Waals surface area contributed by atoms with Crippen molar-refractivity contribution in [3.63, 3.8) is 0 Å². The number of likely N-dealkylation sites (tertiary alicyclic amines) is 2. The van der Waals surface area contributed by atoms with Gasteiger partial charge in [-0.15, -0.1) is 0 Å². The summed E-state index contributed by atoms with van der Waals surface area (Å²) in [6.07, 6.45) is 7.39. The van der Waals surface area contributed by atoms with E-state index in [-0.39, 0.29) is 5.91 Å². The molecule has 2 saturated heterocycles. The van der Waals surface area contributed by atoms with Crippen molar-refractivity contribution in [3.8, 4) is 0 Å². The van der Waals surface area contributed by atoms with Gasteiger partial charge >= 0.3 is 0 Å². The van der Waals surface area contributed by atoms with Crippen LogP contribution in [-0.4, -0.2) is 57.2 Å². The van der Waals surface area contributed by atoms with Crippen molar-refractivity contribution in [2.75, 3.05) is 31.5 Å². The third-order valence-electron chi connectivity index (χ3n) is 5.55. The van der Waals surface area contributed by atoms with E-state index in [1.54, 1.807) is 10.9 Å². The van der Waals surface area contributed by atoms with Crippen LogP contribution in [0.25, 0.3) is 0 Å². The van der Waals surface area contributed by atoms with E-state index in [1.165, 1.54) is 0 Å². The molecule has 140 valence electrons. The average molecular weight is 357 g/mol. The lowest BCUT2D eigenvalue weighted by atomic mass is 9.85. The second kappa shape index (κ2) is 7.15. The number of carbonyl (C=O) groups excluding carboxylic acids is 1. The number of aryl methyl sites for hydroxylation is 1. The number of hydrogen-bond acceptors (Lipinski definition) is 5. The summed E-state index contributed by atoms with van der Waals surface area (Å²) in [6, 6.07) is 5.86. The highest BCUT2D eigenvalue weighted by atomic mass is 16.3. The molecular formula is C19H27N5O2. The number of furan rings is 1. The summed E-state index contributed by atoms with van der Waals surface area (Å²) < 4.78 is 7.24. The summed E-state index contributed by atoms with van der Waals surface area (Å²) in [5, 5.41) is 7.94. The molecule has 1 N–H and O–H groups in total. The van der Waals surface area contributed by atoms with E-state index in [9.17, 15) is 4.79 Å². The van der Waals surface area contributed by atoms with E-state index < -0.39 is 5.54 Å². The smallest absolute Gasteiger partial charge is 0.248 e. The van der Waals surface area contributed by atoms with Crippen LogP contribution in [0.15, 0.2) is 35.1 Å². The maximum Gasteiger partial charge on any atom is 0.248 e. The number of amides is 1. The highest BCUT2D eigenvalue weighted by molar-refractivity contribution is 5.89. The number of anilines is 1. The van der Waals surface area contributed by atoms with Crippen LogP contribution < -0.4 is 5.32 Å². The number of carbonyl (C=O) groups is 1. The number of hydrogen-bond donors (Lipinski definition) is 1. The summed E-state index contributed by atoms with van der Waals surface area (Å²) in [7, 11) is 1.89. The molecule has 7 heteroatoms. The molecule has 0 bridgehead atoms. The molecule has 26 heavy (non-hydrogen) atoms. The highest BCUT2D eigenvalue weighted by Crippen LogP contribution is 2.30. The third kappa shape index (κ3) is 3.49. The maximum absolute atomic E-state index is 13.3. The number of aromatic nitrogens is 2. The molecule has 0 unspecified atom stereocenters. The zero-order valence-corrected chi connectivity index (χ0v) is 15.4. The average Bonchev–Trinajstić information content (AvgIpc) is 3.39. The fraction of sp³-hybridized carbons (Fsp3) is 0.579. The van der Waals surface area contributed by atoms with Gasteiger partial charge in [0, 0.05) is 45.5 Å². The molecule has 0 aromatic carbocycles. The van der Waals surface area contributed by atoms with Crippen molar-refractivity contribution in [2.45, 2.75) is 37.8 Å². The highest BCUT2D eigenvalue weighted by Gasteiger charge is 2.44. The fourth-order valence-electron chi connectivity index (χ4n) is 4.06. The van der Waals surface area contributed by atoms with Crippen LogP contribution in [0.3, 0.4) is 0 Å². The minimum atomic E-state index is -0.557. The van der Waals surface area contributed by atoms with Crippen molar-refractivity contribution >= 4 is 11.7 Å². The van der Waals surface area contributed by atoms with E-state index in [0.717, 1.165) is 70.0 Å². The maximum atomic E-state index is 13.3. The molecule has 2 fully saturated rings. The summed E-state index contributed by atoms with van der Waals surface area (Å²) in [4.78, 5) is 17.7. The van der Waals surface area contributed by atoms with Gasteiger partial charge in [0.2, 0.25) is 5.91 Å². The molecular weight excluding hydrogens is 330 g/mol. The number of nitrogens with zero attached hydrogens (tertiary/aromatic N) is 4. The van der Waals surface area contributed by atoms with Gasteiger partial charge in [-0.2, -0.15) is 5.10 Å². The Hall–Kier alpha value is -2.28. The normalized spacial score (nSPS) is 20.4. The molecule has 2 aromatic heterocycles. The summed E-state index contributed by atoms with van der Waals surface area (Å²) in [5.74, 6) is 1.99. The molecule has 0 saturated carbocycles. The zero-order valence-electron chi connectivity index (χ0n) is 15.4. The Balaban J connectivity index is 1.49. The number of piperidine rings is 1. The molecule has 0 radical (unpaired) electrons. The molecule has 7 nitrogen and oxygen atoms in total. The first-order chi connectivity index (χ1) is 12.6. The molecule has 4 rings (SSSR count). The number of rotatable bonds is 5. The van der Waals surface area contributed by atoms with E-state index >= 15 is 0 Å². The Morgan fingerprint density at radius 1 is 1.23 bits per heavy atom. The molecule has 0 spiro atoms. The van der Waals surface area contributed by atoms with Gasteiger partial charge in [-0.05, 0) is 37.8 Å². The van der Waals surface area contributed by atoms with Gasteiger partial charge in [0.25, 0.3) is 0 Å². The predicted octanol–water partition coefficient (Wildman–Crippen LogP) is 2.08. The van der Waals surface area contributed by atoms with Gasteiger partial charge < -0.3 is 14.6 Å². The lowest BCUT2D eigenvalue weighted by Crippen LogP contribution is -2.58. The second-order valence-corrected chi connectivity index (χ2v) is 7.44. The quantitative estimate of drug-likeness (QED) is 0.887. The van der Waals surface area contributed by atoms with Gasteiger partial charge in [0.05, 0.1) is 12.8 Å². The third-order valence-corrected chi connectivity index (χ3v) is 5.55. The minimum Gasteiger partial charge on any atom is -0.468 e. The standard InChI is InChI=1S/C19H27N5O2/c1-22-11-6-17(21-22)20-19(18(25)24-9-2-3-10-24)7-12-23(13-8-19)15-16-5-4-14-26-16/h4-6,11,14H,2-3,7-10,12-13,15H2,1H3,(H,20,21). The first-order valence-corrected chi connectivity index (χ1v) is 9.47. The molecule has 2 aromatic rings. The minimum absolute atomic E-state index is 0.235. The van der Waals surface area contributed by atoms with Gasteiger partial charge in [0.1, 0.15) is 17.1 Å². The van der Waals surface area contributed by atoms with Gasteiger partial charge in [-0.25, -0.2) is 0 Å². The Bertz CT molecular complexity index is 725. The first-order valence-electron chi connectivity index (χ1n) is 9.47. The SMILES string of the molecule is Cn1ccc(NC2(C(=O)N3CCCC3)CCN(Cc3ccco3)CC2)n1. The van der Waals surface area contributed by atoms with E-state index in [1.807, 2.05) is 36.3 Å². The van der Waals surface area contributed by atoms with Gasteiger partial charge in [-0.3, -0.25) is 14.4 Å². The monoisotopic (exact) mass is 357 g/mol. The molecule has 2 aliphatic rings. The molecule has 4 heterocycles. The van der Waals surface area contributed by atoms with E-state index in [0.29, 0.717) is 0 Å². The lowest BCUT2D eigenvalue weighted by Gasteiger charge is -2.42. The first kappa shape index (κ1) is 17.1. The van der Waals surface area contributed by atoms with Crippen LogP contribution in [0.2, 0.25) is 0 Å².